The number of amides is 1. The van der Waals surface area contributed by atoms with Crippen LogP contribution < -0.4 is 16.4 Å². The Bertz CT molecular complexity index is 487. The van der Waals surface area contributed by atoms with Gasteiger partial charge in [-0.3, -0.25) is 0 Å². The Balaban J connectivity index is 1.63. The summed E-state index contributed by atoms with van der Waals surface area (Å²) in [4.78, 5) is 11.8. The second kappa shape index (κ2) is 8.58. The highest BCUT2D eigenvalue weighted by Crippen LogP contribution is 2.23. The van der Waals surface area contributed by atoms with E-state index in [9.17, 15) is 4.79 Å². The molecule has 2 rings (SSSR count). The van der Waals surface area contributed by atoms with E-state index in [1.807, 2.05) is 30.3 Å². The molecule has 0 heterocycles. The van der Waals surface area contributed by atoms with Crippen LogP contribution in [0.3, 0.4) is 0 Å². The number of hydrogen-bond acceptors (Lipinski definition) is 3. The maximum atomic E-state index is 11.8. The van der Waals surface area contributed by atoms with Gasteiger partial charge in [-0.25, -0.2) is 4.79 Å². The average molecular weight is 321 g/mol. The molecule has 1 aromatic carbocycles. The molecule has 6 heteroatoms. The van der Waals surface area contributed by atoms with Gasteiger partial charge in [-0.1, -0.05) is 30.3 Å². The van der Waals surface area contributed by atoms with Crippen LogP contribution in [0.2, 0.25) is 0 Å². The number of carbonyl (C=O) groups is 1. The van der Waals surface area contributed by atoms with Gasteiger partial charge in [0.25, 0.3) is 0 Å². The van der Waals surface area contributed by atoms with Gasteiger partial charge in [0.1, 0.15) is 6.61 Å². The molecule has 0 atom stereocenters. The minimum Gasteiger partial charge on any atom is -0.445 e. The first-order valence-corrected chi connectivity index (χ1v) is 8.05. The van der Waals surface area contributed by atoms with Crippen molar-refractivity contribution < 1.29 is 9.53 Å². The molecule has 5 nitrogen and oxygen atoms in total. The van der Waals surface area contributed by atoms with E-state index >= 15 is 0 Å². The van der Waals surface area contributed by atoms with Crippen LogP contribution in [-0.4, -0.2) is 23.8 Å². The summed E-state index contributed by atoms with van der Waals surface area (Å²) in [6.07, 6.45) is 3.70. The van der Waals surface area contributed by atoms with Crippen molar-refractivity contribution in [3.63, 3.8) is 0 Å². The molecule has 0 aliphatic heterocycles. The van der Waals surface area contributed by atoms with Crippen LogP contribution in [0.1, 0.15) is 31.2 Å². The predicted molar refractivity (Wildman–Crippen MR) is 90.3 cm³/mol. The summed E-state index contributed by atoms with van der Waals surface area (Å²) in [5, 5.41) is 6.30. The van der Waals surface area contributed by atoms with Gasteiger partial charge in [0, 0.05) is 12.6 Å². The molecule has 0 radical (unpaired) electrons. The number of hydrogen-bond donors (Lipinski definition) is 3. The minimum atomic E-state index is -0.339. The van der Waals surface area contributed by atoms with Gasteiger partial charge in [0.15, 0.2) is 5.11 Å². The Labute approximate surface area is 136 Å². The highest BCUT2D eigenvalue weighted by molar-refractivity contribution is 7.80. The number of carbonyl (C=O) groups excluding carboxylic acids is 1. The molecule has 1 aliphatic rings. The number of rotatable bonds is 5. The first-order chi connectivity index (χ1) is 10.6. The van der Waals surface area contributed by atoms with E-state index in [4.69, 9.17) is 22.7 Å². The van der Waals surface area contributed by atoms with Crippen molar-refractivity contribution in [3.8, 4) is 0 Å². The monoisotopic (exact) mass is 321 g/mol. The molecule has 4 N–H and O–H groups in total. The van der Waals surface area contributed by atoms with E-state index < -0.39 is 0 Å². The van der Waals surface area contributed by atoms with Gasteiger partial charge in [0.05, 0.1) is 0 Å². The molecule has 0 saturated heterocycles. The van der Waals surface area contributed by atoms with Crippen LogP contribution in [0.15, 0.2) is 30.3 Å². The van der Waals surface area contributed by atoms with Crippen LogP contribution in [-0.2, 0) is 11.3 Å². The number of nitrogens with two attached hydrogens (primary N) is 1. The second-order valence-electron chi connectivity index (χ2n) is 5.67. The Morgan fingerprint density at radius 3 is 2.55 bits per heavy atom. The van der Waals surface area contributed by atoms with Gasteiger partial charge in [-0.05, 0) is 49.4 Å². The summed E-state index contributed by atoms with van der Waals surface area (Å²) in [5.41, 5.74) is 6.42. The van der Waals surface area contributed by atoms with Crippen molar-refractivity contribution in [2.24, 2.45) is 11.7 Å². The Morgan fingerprint density at radius 2 is 1.91 bits per heavy atom. The summed E-state index contributed by atoms with van der Waals surface area (Å²) in [7, 11) is 0. The third kappa shape index (κ3) is 5.89. The van der Waals surface area contributed by atoms with E-state index in [2.05, 4.69) is 10.6 Å². The van der Waals surface area contributed by atoms with Gasteiger partial charge in [-0.15, -0.1) is 0 Å². The minimum absolute atomic E-state index is 0.198. The molecule has 120 valence electrons. The molecule has 1 aromatic rings. The van der Waals surface area contributed by atoms with Crippen molar-refractivity contribution in [3.05, 3.63) is 35.9 Å². The molecule has 1 amide bonds. The molecule has 22 heavy (non-hydrogen) atoms. The van der Waals surface area contributed by atoms with Crippen molar-refractivity contribution in [1.29, 1.82) is 0 Å². The van der Waals surface area contributed by atoms with E-state index in [1.165, 1.54) is 0 Å². The maximum Gasteiger partial charge on any atom is 0.407 e. The smallest absolute Gasteiger partial charge is 0.407 e. The molecule has 1 aliphatic carbocycles. The second-order valence-corrected chi connectivity index (χ2v) is 6.11. The molecule has 0 unspecified atom stereocenters. The third-order valence-corrected chi connectivity index (χ3v) is 4.09. The molecular formula is C16H23N3O2S. The fourth-order valence-corrected chi connectivity index (χ4v) is 2.77. The van der Waals surface area contributed by atoms with Crippen LogP contribution in [0, 0.1) is 5.92 Å². The SMILES string of the molecule is NC(=S)NCC1CCC(NC(=O)OCc2ccccc2)CC1. The lowest BCUT2D eigenvalue weighted by Gasteiger charge is -2.29. The lowest BCUT2D eigenvalue weighted by Crippen LogP contribution is -2.40. The van der Waals surface area contributed by atoms with Gasteiger partial charge < -0.3 is 21.1 Å². The standard InChI is InChI=1S/C16H23N3O2S/c17-15(22)18-10-12-6-8-14(9-7-12)19-16(20)21-11-13-4-2-1-3-5-13/h1-5,12,14H,6-11H2,(H,19,20)(H3,17,18,22). The first-order valence-electron chi connectivity index (χ1n) is 7.64. The predicted octanol–water partition coefficient (Wildman–Crippen LogP) is 2.30. The Kier molecular flexibility index (Phi) is 6.45. The maximum absolute atomic E-state index is 11.8. The zero-order chi connectivity index (χ0) is 15.8. The molecule has 0 bridgehead atoms. The van der Waals surface area contributed by atoms with Crippen molar-refractivity contribution in [2.75, 3.05) is 6.54 Å². The topological polar surface area (TPSA) is 76.4 Å². The number of nitrogens with one attached hydrogen (secondary N) is 2. The highest BCUT2D eigenvalue weighted by Gasteiger charge is 2.22. The summed E-state index contributed by atoms with van der Waals surface area (Å²) >= 11 is 4.81. The largest absolute Gasteiger partial charge is 0.445 e. The molecule has 1 saturated carbocycles. The van der Waals surface area contributed by atoms with Crippen LogP contribution >= 0.6 is 12.2 Å². The zero-order valence-corrected chi connectivity index (χ0v) is 13.4. The fraction of sp³-hybridized carbons (Fsp3) is 0.500. The number of alkyl carbamates (subject to hydrolysis) is 1. The zero-order valence-electron chi connectivity index (χ0n) is 12.6. The summed E-state index contributed by atoms with van der Waals surface area (Å²) in [6, 6.07) is 9.87. The lowest BCUT2D eigenvalue weighted by atomic mass is 9.86. The van der Waals surface area contributed by atoms with E-state index in [1.54, 1.807) is 0 Å². The first kappa shape index (κ1) is 16.5. The van der Waals surface area contributed by atoms with Crippen LogP contribution in [0.5, 0.6) is 0 Å². The van der Waals surface area contributed by atoms with Gasteiger partial charge in [-0.2, -0.15) is 0 Å². The lowest BCUT2D eigenvalue weighted by molar-refractivity contribution is 0.131. The highest BCUT2D eigenvalue weighted by atomic mass is 32.1. The third-order valence-electron chi connectivity index (χ3n) is 3.95. The number of thiocarbonyl (C=S) groups is 1. The molecule has 1 fully saturated rings. The van der Waals surface area contributed by atoms with Crippen molar-refractivity contribution in [2.45, 2.75) is 38.3 Å². The van der Waals surface area contributed by atoms with E-state index in [0.29, 0.717) is 17.6 Å². The Hall–Kier alpha value is -1.82. The number of ether oxygens (including phenoxy) is 1. The van der Waals surface area contributed by atoms with Crippen LogP contribution in [0.25, 0.3) is 0 Å². The molecule has 0 aromatic heterocycles. The van der Waals surface area contributed by atoms with Crippen molar-refractivity contribution in [1.82, 2.24) is 10.6 Å². The summed E-state index contributed by atoms with van der Waals surface area (Å²) < 4.78 is 5.24. The van der Waals surface area contributed by atoms with E-state index in [-0.39, 0.29) is 12.1 Å². The van der Waals surface area contributed by atoms with Gasteiger partial charge in [0.2, 0.25) is 0 Å². The normalized spacial score (nSPS) is 20.9. The van der Waals surface area contributed by atoms with E-state index in [0.717, 1.165) is 37.8 Å². The Morgan fingerprint density at radius 1 is 1.23 bits per heavy atom. The number of benzene rings is 1. The molecule has 0 spiro atoms. The summed E-state index contributed by atoms with van der Waals surface area (Å²) in [6.45, 7) is 1.13. The molecular weight excluding hydrogens is 298 g/mol. The fourth-order valence-electron chi connectivity index (χ4n) is 2.69. The van der Waals surface area contributed by atoms with Crippen molar-refractivity contribution >= 4 is 23.4 Å². The van der Waals surface area contributed by atoms with Gasteiger partial charge >= 0.3 is 6.09 Å². The van der Waals surface area contributed by atoms with Crippen LogP contribution in [0.4, 0.5) is 4.79 Å². The summed E-state index contributed by atoms with van der Waals surface area (Å²) in [5.74, 6) is 0.569. The average Bonchev–Trinajstić information content (AvgIpc) is 2.53. The quantitative estimate of drug-likeness (QED) is 0.726.